The smallest absolute Gasteiger partial charge is 0.344 e. The van der Waals surface area contributed by atoms with Gasteiger partial charge in [-0.25, -0.2) is 14.8 Å². The van der Waals surface area contributed by atoms with Crippen molar-refractivity contribution in [3.63, 3.8) is 0 Å². The molecule has 2 heterocycles. The highest BCUT2D eigenvalue weighted by Crippen LogP contribution is 2.37. The Bertz CT molecular complexity index is 988. The number of halogens is 1. The molecule has 2 aromatic heterocycles. The van der Waals surface area contributed by atoms with Gasteiger partial charge in [0, 0.05) is 9.35 Å². The zero-order valence-electron chi connectivity index (χ0n) is 14.5. The Kier molecular flexibility index (Phi) is 5.27. The number of nitrogen functional groups attached to an aromatic ring is 1. The molecule has 8 heteroatoms. The van der Waals surface area contributed by atoms with E-state index in [1.807, 2.05) is 12.1 Å². The Morgan fingerprint density at radius 2 is 1.96 bits per heavy atom. The Hall–Kier alpha value is -2.19. The number of rotatable bonds is 5. The lowest BCUT2D eigenvalue weighted by Crippen LogP contribution is -2.15. The van der Waals surface area contributed by atoms with Crippen molar-refractivity contribution in [3.05, 3.63) is 45.0 Å². The van der Waals surface area contributed by atoms with Crippen LogP contribution in [0.4, 0.5) is 5.82 Å². The predicted octanol–water partition coefficient (Wildman–Crippen LogP) is 4.04. The molecular weight excluding hydrogens is 430 g/mol. The first-order valence-electron chi connectivity index (χ1n) is 8.71. The first kappa shape index (κ1) is 18.2. The summed E-state index contributed by atoms with van der Waals surface area (Å²) in [5.74, 6) is 0.999. The summed E-state index contributed by atoms with van der Waals surface area (Å²) in [6.07, 6.45) is 4.49. The maximum Gasteiger partial charge on any atom is 0.344 e. The number of fused-ring (bicyclic) bond motifs is 3. The van der Waals surface area contributed by atoms with E-state index >= 15 is 0 Å². The quantitative estimate of drug-likeness (QED) is 0.593. The van der Waals surface area contributed by atoms with E-state index in [0.29, 0.717) is 17.4 Å². The molecule has 0 saturated heterocycles. The normalized spacial score (nSPS) is 13.4. The molecule has 1 aromatic carbocycles. The summed E-state index contributed by atoms with van der Waals surface area (Å²) >= 11 is 5.02. The highest BCUT2D eigenvalue weighted by Gasteiger charge is 2.20. The van der Waals surface area contributed by atoms with Crippen LogP contribution in [0.2, 0.25) is 0 Å². The molecule has 0 amide bonds. The predicted molar refractivity (Wildman–Crippen MR) is 108 cm³/mol. The molecule has 0 spiro atoms. The van der Waals surface area contributed by atoms with E-state index in [-0.39, 0.29) is 13.2 Å². The molecule has 1 aliphatic carbocycles. The van der Waals surface area contributed by atoms with Gasteiger partial charge in [0.05, 0.1) is 5.39 Å². The van der Waals surface area contributed by atoms with E-state index in [9.17, 15) is 4.79 Å². The highest BCUT2D eigenvalue weighted by molar-refractivity contribution is 9.10. The Morgan fingerprint density at radius 1 is 1.19 bits per heavy atom. The second-order valence-corrected chi connectivity index (χ2v) is 8.32. The van der Waals surface area contributed by atoms with Crippen LogP contribution in [-0.4, -0.2) is 22.5 Å². The first-order chi connectivity index (χ1) is 13.1. The van der Waals surface area contributed by atoms with Gasteiger partial charge in [0.25, 0.3) is 0 Å². The topological polar surface area (TPSA) is 87.3 Å². The third kappa shape index (κ3) is 4.06. The van der Waals surface area contributed by atoms with Crippen LogP contribution in [0.1, 0.15) is 29.1 Å². The number of hydrogen-bond acceptors (Lipinski definition) is 7. The van der Waals surface area contributed by atoms with Gasteiger partial charge in [-0.3, -0.25) is 0 Å². The van der Waals surface area contributed by atoms with Crippen molar-refractivity contribution in [1.29, 1.82) is 0 Å². The number of aromatic nitrogens is 2. The minimum atomic E-state index is -0.481. The number of thiophene rings is 1. The second-order valence-electron chi connectivity index (χ2n) is 6.32. The highest BCUT2D eigenvalue weighted by atomic mass is 79.9. The molecule has 2 N–H and O–H groups in total. The third-order valence-electron chi connectivity index (χ3n) is 4.42. The van der Waals surface area contributed by atoms with Gasteiger partial charge in [0.15, 0.2) is 19.0 Å². The van der Waals surface area contributed by atoms with Crippen molar-refractivity contribution < 1.29 is 14.3 Å². The fraction of sp³-hybridized carbons (Fsp3) is 0.316. The van der Waals surface area contributed by atoms with E-state index in [0.717, 1.165) is 27.5 Å². The van der Waals surface area contributed by atoms with E-state index in [1.54, 1.807) is 23.5 Å². The van der Waals surface area contributed by atoms with Crippen molar-refractivity contribution in [1.82, 2.24) is 9.97 Å². The molecular formula is C19H18BrN3O3S. The van der Waals surface area contributed by atoms with Gasteiger partial charge in [0.1, 0.15) is 16.4 Å². The number of hydrogen-bond donors (Lipinski definition) is 1. The van der Waals surface area contributed by atoms with Gasteiger partial charge in [0.2, 0.25) is 0 Å². The van der Waals surface area contributed by atoms with Crippen molar-refractivity contribution in [3.8, 4) is 5.75 Å². The second kappa shape index (κ2) is 7.82. The molecule has 0 radical (unpaired) electrons. The molecule has 0 fully saturated rings. The number of aryl methyl sites for hydroxylation is 2. The van der Waals surface area contributed by atoms with Crippen molar-refractivity contribution in [2.75, 3.05) is 12.3 Å². The fourth-order valence-corrected chi connectivity index (χ4v) is 4.71. The third-order valence-corrected chi connectivity index (χ3v) is 6.14. The zero-order valence-corrected chi connectivity index (χ0v) is 16.9. The lowest BCUT2D eigenvalue weighted by atomic mass is 9.97. The van der Waals surface area contributed by atoms with E-state index in [1.165, 1.54) is 23.3 Å². The molecule has 0 aliphatic heterocycles. The van der Waals surface area contributed by atoms with E-state index in [2.05, 4.69) is 25.9 Å². The molecule has 0 bridgehead atoms. The average molecular weight is 448 g/mol. The summed E-state index contributed by atoms with van der Waals surface area (Å²) in [6, 6.07) is 7.22. The zero-order chi connectivity index (χ0) is 18.8. The standard InChI is InChI=1S/C19H18BrN3O3S/c20-11-5-7-12(8-6-11)25-10-16(24)26-9-15-22-18(21)17-13-3-1-2-4-14(13)27-19(17)23-15/h5-8H,1-4,9-10H2,(H2,21,22,23). The number of nitrogens with two attached hydrogens (primary N) is 1. The number of benzene rings is 1. The monoisotopic (exact) mass is 447 g/mol. The van der Waals surface area contributed by atoms with Crippen LogP contribution >= 0.6 is 27.3 Å². The van der Waals surface area contributed by atoms with Crippen LogP contribution < -0.4 is 10.5 Å². The Labute approximate surface area is 168 Å². The molecule has 0 saturated carbocycles. The van der Waals surface area contributed by atoms with Crippen LogP contribution in [0.15, 0.2) is 28.7 Å². The molecule has 6 nitrogen and oxygen atoms in total. The van der Waals surface area contributed by atoms with Crippen LogP contribution in [0.5, 0.6) is 5.75 Å². The van der Waals surface area contributed by atoms with Crippen LogP contribution in [0, 0.1) is 0 Å². The van der Waals surface area contributed by atoms with Gasteiger partial charge >= 0.3 is 5.97 Å². The van der Waals surface area contributed by atoms with Gasteiger partial charge in [-0.05, 0) is 55.5 Å². The Balaban J connectivity index is 1.39. The summed E-state index contributed by atoms with van der Waals surface area (Å²) < 4.78 is 11.6. The van der Waals surface area contributed by atoms with Crippen LogP contribution in [0.25, 0.3) is 10.2 Å². The molecule has 4 rings (SSSR count). The Morgan fingerprint density at radius 3 is 2.78 bits per heavy atom. The summed E-state index contributed by atoms with van der Waals surface area (Å²) in [4.78, 5) is 23.0. The summed E-state index contributed by atoms with van der Waals surface area (Å²) in [5, 5.41) is 0.975. The van der Waals surface area contributed by atoms with E-state index < -0.39 is 5.97 Å². The molecule has 0 unspecified atom stereocenters. The number of esters is 1. The molecule has 1 aliphatic rings. The maximum atomic E-state index is 11.9. The minimum absolute atomic E-state index is 0.0226. The minimum Gasteiger partial charge on any atom is -0.482 e. The van der Waals surface area contributed by atoms with Crippen LogP contribution in [-0.2, 0) is 29.0 Å². The van der Waals surface area contributed by atoms with Gasteiger partial charge in [-0.2, -0.15) is 0 Å². The summed E-state index contributed by atoms with van der Waals surface area (Å²) in [7, 11) is 0. The number of ether oxygens (including phenoxy) is 2. The number of anilines is 1. The van der Waals surface area contributed by atoms with Gasteiger partial charge in [-0.1, -0.05) is 15.9 Å². The summed E-state index contributed by atoms with van der Waals surface area (Å²) in [5.41, 5.74) is 7.46. The van der Waals surface area contributed by atoms with Crippen molar-refractivity contribution in [2.45, 2.75) is 32.3 Å². The van der Waals surface area contributed by atoms with Crippen molar-refractivity contribution in [2.24, 2.45) is 0 Å². The van der Waals surface area contributed by atoms with Crippen molar-refractivity contribution >= 4 is 49.3 Å². The van der Waals surface area contributed by atoms with E-state index in [4.69, 9.17) is 15.2 Å². The lowest BCUT2D eigenvalue weighted by Gasteiger charge is -2.11. The molecule has 140 valence electrons. The molecule has 27 heavy (non-hydrogen) atoms. The fourth-order valence-electron chi connectivity index (χ4n) is 3.16. The number of carbonyl (C=O) groups is 1. The molecule has 3 aromatic rings. The lowest BCUT2D eigenvalue weighted by molar-refractivity contribution is -0.147. The SMILES string of the molecule is Nc1nc(COC(=O)COc2ccc(Br)cc2)nc2sc3c(c12)CCCC3. The summed E-state index contributed by atoms with van der Waals surface area (Å²) in [6.45, 7) is -0.197. The first-order valence-corrected chi connectivity index (χ1v) is 10.3. The average Bonchev–Trinajstić information content (AvgIpc) is 3.05. The van der Waals surface area contributed by atoms with Gasteiger partial charge < -0.3 is 15.2 Å². The number of nitrogens with zero attached hydrogens (tertiary/aromatic N) is 2. The largest absolute Gasteiger partial charge is 0.482 e. The van der Waals surface area contributed by atoms with Gasteiger partial charge in [-0.15, -0.1) is 11.3 Å². The number of carbonyl (C=O) groups excluding carboxylic acids is 1. The maximum absolute atomic E-state index is 11.9. The van der Waals surface area contributed by atoms with Crippen LogP contribution in [0.3, 0.4) is 0 Å². The molecule has 0 atom stereocenters.